The summed E-state index contributed by atoms with van der Waals surface area (Å²) in [7, 11) is 0. The van der Waals surface area contributed by atoms with Crippen LogP contribution in [0.4, 0.5) is 0 Å². The van der Waals surface area contributed by atoms with Gasteiger partial charge in [-0.05, 0) is 12.8 Å². The van der Waals surface area contributed by atoms with Crippen LogP contribution in [-0.4, -0.2) is 14.1 Å². The van der Waals surface area contributed by atoms with E-state index in [-0.39, 0.29) is 0 Å². The minimum Gasteiger partial charge on any atom is -0.134 e. The van der Waals surface area contributed by atoms with Crippen LogP contribution in [-0.2, 0) is 0 Å². The summed E-state index contributed by atoms with van der Waals surface area (Å²) in [5.41, 5.74) is 0. The summed E-state index contributed by atoms with van der Waals surface area (Å²) in [6.45, 7) is 14.2. The molecule has 1 heteroatoms. The molecule has 0 fully saturated rings. The van der Waals surface area contributed by atoms with E-state index in [0.717, 1.165) is 11.8 Å². The molecule has 0 radical (unpaired) electrons. The summed E-state index contributed by atoms with van der Waals surface area (Å²) < 4.78 is 1.89. The second-order valence-electron chi connectivity index (χ2n) is 6.27. The highest BCUT2D eigenvalue weighted by Crippen LogP contribution is 2.24. The van der Waals surface area contributed by atoms with Crippen molar-refractivity contribution in [2.75, 3.05) is 0 Å². The third kappa shape index (κ3) is 8.92. The smallest absolute Gasteiger partial charge is 0.134 e. The number of allylic oxidation sites excluding steroid dienone is 2. The van der Waals surface area contributed by atoms with Crippen molar-refractivity contribution in [3.8, 4) is 0 Å². The van der Waals surface area contributed by atoms with Gasteiger partial charge in [-0.25, -0.2) is 0 Å². The molecular weight excluding hydrogens is 219 g/mol. The maximum atomic E-state index is 2.60. The third-order valence-corrected chi connectivity index (χ3v) is 7.87. The van der Waals surface area contributed by atoms with Crippen molar-refractivity contribution >= 4 is 14.1 Å². The molecule has 0 saturated heterocycles. The molecule has 0 aromatic heterocycles. The Morgan fingerprint density at radius 3 is 1.82 bits per heavy atom. The first-order chi connectivity index (χ1) is 8.01. The normalized spacial score (nSPS) is 12.6. The van der Waals surface area contributed by atoms with Gasteiger partial charge < -0.3 is 0 Å². The van der Waals surface area contributed by atoms with Gasteiger partial charge in [0.25, 0.3) is 14.1 Å². The SMILES string of the molecule is CCC/C=[C](\CCC)[Al]([CH2]C(C)C)[CH2]C(C)C. The highest BCUT2D eigenvalue weighted by molar-refractivity contribution is 6.66. The Bertz CT molecular complexity index is 194. The highest BCUT2D eigenvalue weighted by atomic mass is 27.2. The van der Waals surface area contributed by atoms with Gasteiger partial charge in [0.05, 0.1) is 0 Å². The second kappa shape index (κ2) is 10.2. The largest absolute Gasteiger partial charge is 0.299 e. The van der Waals surface area contributed by atoms with Crippen LogP contribution < -0.4 is 0 Å². The average molecular weight is 252 g/mol. The van der Waals surface area contributed by atoms with E-state index in [1.54, 1.807) is 0 Å². The Balaban J connectivity index is 4.66. The zero-order chi connectivity index (χ0) is 13.3. The fourth-order valence-electron chi connectivity index (χ4n) is 2.63. The van der Waals surface area contributed by atoms with Gasteiger partial charge in [-0.3, -0.25) is 0 Å². The zero-order valence-electron chi connectivity index (χ0n) is 13.1. The number of rotatable bonds is 9. The Hall–Kier alpha value is 0.272. The van der Waals surface area contributed by atoms with Crippen LogP contribution in [0.3, 0.4) is 0 Å². The molecule has 0 spiro atoms. The van der Waals surface area contributed by atoms with Crippen molar-refractivity contribution in [1.82, 2.24) is 0 Å². The molecule has 0 bridgehead atoms. The lowest BCUT2D eigenvalue weighted by atomic mass is 10.2. The zero-order valence-corrected chi connectivity index (χ0v) is 14.2. The standard InChI is InChI=1S/C8H15.2C4H9.Al/c1-3-5-7-8-6-4-2;2*1-4(2)3;/h7H,3-6H2,1-2H3;2*4H,1H2,2-3H3;. The number of hydrogen-bond donors (Lipinski definition) is 0. The van der Waals surface area contributed by atoms with Gasteiger partial charge in [-0.1, -0.05) is 76.8 Å². The Labute approximate surface area is 114 Å². The van der Waals surface area contributed by atoms with Gasteiger partial charge in [0.2, 0.25) is 0 Å². The van der Waals surface area contributed by atoms with Crippen molar-refractivity contribution in [2.45, 2.75) is 77.8 Å². The quantitative estimate of drug-likeness (QED) is 0.451. The number of unbranched alkanes of at least 4 members (excludes halogenated alkanes) is 1. The van der Waals surface area contributed by atoms with Crippen molar-refractivity contribution < 1.29 is 0 Å². The van der Waals surface area contributed by atoms with Crippen LogP contribution in [0.5, 0.6) is 0 Å². The van der Waals surface area contributed by atoms with Gasteiger partial charge in [0.15, 0.2) is 0 Å². The van der Waals surface area contributed by atoms with E-state index in [2.05, 4.69) is 47.6 Å². The molecule has 0 N–H and O–H groups in total. The molecule has 0 saturated carbocycles. The first-order valence-electron chi connectivity index (χ1n) is 7.70. The minimum atomic E-state index is -0.653. The maximum absolute atomic E-state index is 2.60. The molecule has 0 atom stereocenters. The monoisotopic (exact) mass is 252 g/mol. The van der Waals surface area contributed by atoms with Crippen molar-refractivity contribution in [2.24, 2.45) is 11.8 Å². The van der Waals surface area contributed by atoms with Crippen molar-refractivity contribution in [3.63, 3.8) is 0 Å². The van der Waals surface area contributed by atoms with Crippen LogP contribution >= 0.6 is 0 Å². The lowest BCUT2D eigenvalue weighted by molar-refractivity contribution is 0.689. The molecule has 0 aromatic carbocycles. The molecule has 0 amide bonds. The Kier molecular flexibility index (Phi) is 10.4. The van der Waals surface area contributed by atoms with Crippen LogP contribution in [0.25, 0.3) is 0 Å². The van der Waals surface area contributed by atoms with E-state index in [0.29, 0.717) is 0 Å². The maximum Gasteiger partial charge on any atom is 0.299 e. The summed E-state index contributed by atoms with van der Waals surface area (Å²) in [6.07, 6.45) is 7.91. The van der Waals surface area contributed by atoms with Gasteiger partial charge in [-0.2, -0.15) is 0 Å². The predicted molar refractivity (Wildman–Crippen MR) is 82.9 cm³/mol. The van der Waals surface area contributed by atoms with Crippen LogP contribution in [0.1, 0.15) is 67.2 Å². The molecule has 0 nitrogen and oxygen atoms in total. The molecule has 17 heavy (non-hydrogen) atoms. The molecule has 0 rings (SSSR count). The van der Waals surface area contributed by atoms with Gasteiger partial charge in [-0.15, -0.1) is 10.5 Å². The van der Waals surface area contributed by atoms with E-state index < -0.39 is 14.1 Å². The first-order valence-corrected chi connectivity index (χ1v) is 9.91. The summed E-state index contributed by atoms with van der Waals surface area (Å²) >= 11 is -0.653. The van der Waals surface area contributed by atoms with Gasteiger partial charge in [0, 0.05) is 0 Å². The summed E-state index contributed by atoms with van der Waals surface area (Å²) in [5.74, 6) is 1.76. The third-order valence-electron chi connectivity index (χ3n) is 3.27. The Morgan fingerprint density at radius 2 is 1.47 bits per heavy atom. The topological polar surface area (TPSA) is 0 Å². The fourth-order valence-corrected chi connectivity index (χ4v) is 6.90. The van der Waals surface area contributed by atoms with E-state index in [1.807, 2.05) is 4.44 Å². The number of hydrogen-bond acceptors (Lipinski definition) is 0. The van der Waals surface area contributed by atoms with E-state index >= 15 is 0 Å². The average Bonchev–Trinajstić information content (AvgIpc) is 2.22. The predicted octanol–water partition coefficient (Wildman–Crippen LogP) is 5.86. The molecule has 100 valence electrons. The highest BCUT2D eigenvalue weighted by Gasteiger charge is 2.23. The molecule has 0 unspecified atom stereocenters. The van der Waals surface area contributed by atoms with E-state index in [1.165, 1.54) is 36.2 Å². The molecule has 0 aliphatic heterocycles. The molecular formula is C16H33Al. The second-order valence-corrected chi connectivity index (χ2v) is 9.35. The molecule has 0 aliphatic rings. The molecule has 0 aliphatic carbocycles. The molecule has 0 heterocycles. The summed E-state index contributed by atoms with van der Waals surface area (Å²) in [4.78, 5) is 0. The fraction of sp³-hybridized carbons (Fsp3) is 0.875. The first kappa shape index (κ1) is 17.3. The van der Waals surface area contributed by atoms with Crippen LogP contribution in [0, 0.1) is 11.8 Å². The van der Waals surface area contributed by atoms with Gasteiger partial charge >= 0.3 is 0 Å². The lowest BCUT2D eigenvalue weighted by Crippen LogP contribution is -2.21. The van der Waals surface area contributed by atoms with Gasteiger partial charge in [0.1, 0.15) is 0 Å². The van der Waals surface area contributed by atoms with Crippen LogP contribution in [0.2, 0.25) is 10.6 Å². The molecule has 0 aromatic rings. The summed E-state index contributed by atoms with van der Waals surface area (Å²) in [5, 5.41) is 3.02. The van der Waals surface area contributed by atoms with Crippen molar-refractivity contribution in [3.05, 3.63) is 10.5 Å². The van der Waals surface area contributed by atoms with E-state index in [4.69, 9.17) is 0 Å². The van der Waals surface area contributed by atoms with Crippen molar-refractivity contribution in [1.29, 1.82) is 0 Å². The minimum absolute atomic E-state index is 0.653. The van der Waals surface area contributed by atoms with E-state index in [9.17, 15) is 0 Å². The summed E-state index contributed by atoms with van der Waals surface area (Å²) in [6, 6.07) is 0. The lowest BCUT2D eigenvalue weighted by Gasteiger charge is -2.20. The van der Waals surface area contributed by atoms with Crippen LogP contribution in [0.15, 0.2) is 10.5 Å². The Morgan fingerprint density at radius 1 is 0.941 bits per heavy atom.